The number of rotatable bonds is 9. The van der Waals surface area contributed by atoms with Crippen LogP contribution in [0.5, 0.6) is 5.75 Å². The number of hydrogen-bond acceptors (Lipinski definition) is 8. The van der Waals surface area contributed by atoms with Gasteiger partial charge >= 0.3 is 0 Å². The molecule has 0 fully saturated rings. The van der Waals surface area contributed by atoms with Crippen molar-refractivity contribution in [1.29, 1.82) is 0 Å². The van der Waals surface area contributed by atoms with Crippen molar-refractivity contribution in [2.75, 3.05) is 35.0 Å². The van der Waals surface area contributed by atoms with E-state index < -0.39 is 10.0 Å². The molecule has 1 unspecified atom stereocenters. The summed E-state index contributed by atoms with van der Waals surface area (Å²) in [7, 11) is -2.17. The summed E-state index contributed by atoms with van der Waals surface area (Å²) in [5.41, 5.74) is 6.28. The van der Waals surface area contributed by atoms with E-state index in [0.717, 1.165) is 46.4 Å². The van der Waals surface area contributed by atoms with Crippen LogP contribution in [0, 0.1) is 6.92 Å². The minimum absolute atomic E-state index is 0.209. The van der Waals surface area contributed by atoms with Crippen LogP contribution in [0.15, 0.2) is 77.2 Å². The molecule has 0 radical (unpaired) electrons. The lowest BCUT2D eigenvalue weighted by molar-refractivity contribution is 0.102. The first-order valence-corrected chi connectivity index (χ1v) is 16.6. The van der Waals surface area contributed by atoms with Crippen LogP contribution < -0.4 is 19.8 Å². The Labute approximate surface area is 264 Å². The summed E-state index contributed by atoms with van der Waals surface area (Å²) in [6.07, 6.45) is 3.72. The van der Waals surface area contributed by atoms with Crippen LogP contribution in [0.2, 0.25) is 0 Å². The molecule has 0 aliphatic carbocycles. The number of benzene rings is 3. The van der Waals surface area contributed by atoms with Crippen LogP contribution in [0.1, 0.15) is 66.5 Å². The molecule has 1 atom stereocenters. The highest BCUT2D eigenvalue weighted by Crippen LogP contribution is 2.40. The summed E-state index contributed by atoms with van der Waals surface area (Å²) in [4.78, 5) is 13.6. The number of nitrogens with zero attached hydrogens (tertiary/aromatic N) is 5. The molecule has 5 rings (SSSR count). The van der Waals surface area contributed by atoms with Crippen LogP contribution in [0.25, 0.3) is 5.69 Å². The Balaban J connectivity index is 1.41. The van der Waals surface area contributed by atoms with E-state index in [-0.39, 0.29) is 28.8 Å². The van der Waals surface area contributed by atoms with Gasteiger partial charge in [0.1, 0.15) is 6.04 Å². The van der Waals surface area contributed by atoms with Gasteiger partial charge in [0, 0.05) is 16.8 Å². The van der Waals surface area contributed by atoms with E-state index in [1.165, 1.54) is 7.11 Å². The van der Waals surface area contributed by atoms with Crippen molar-refractivity contribution in [3.8, 4) is 11.4 Å². The molecule has 1 amide bonds. The number of hydrogen-bond donors (Lipinski definition) is 2. The van der Waals surface area contributed by atoms with Gasteiger partial charge in [-0.05, 0) is 66.3 Å². The number of anilines is 3. The highest BCUT2D eigenvalue weighted by Gasteiger charge is 2.28. The number of nitrogens with one attached hydrogen (secondary N) is 2. The molecule has 2 N–H and O–H groups in total. The lowest BCUT2D eigenvalue weighted by Gasteiger charge is -2.24. The number of carbonyl (C=O) groups is 1. The van der Waals surface area contributed by atoms with Crippen LogP contribution in [-0.2, 0) is 21.9 Å². The summed E-state index contributed by atoms with van der Waals surface area (Å²) in [6, 6.07) is 18.7. The first kappa shape index (κ1) is 31.7. The zero-order valence-electron chi connectivity index (χ0n) is 26.6. The Bertz CT molecular complexity index is 1860. The van der Waals surface area contributed by atoms with Gasteiger partial charge in [0.05, 0.1) is 48.9 Å². The molecule has 2 heterocycles. The van der Waals surface area contributed by atoms with Gasteiger partial charge in [0.2, 0.25) is 10.0 Å². The third-order valence-corrected chi connectivity index (χ3v) is 8.28. The number of amides is 1. The first-order chi connectivity index (χ1) is 21.3. The van der Waals surface area contributed by atoms with Crippen LogP contribution in [0.4, 0.5) is 17.1 Å². The number of aryl methyl sites for hydroxylation is 1. The average Bonchev–Trinajstić information content (AvgIpc) is 3.64. The van der Waals surface area contributed by atoms with E-state index in [2.05, 4.69) is 32.4 Å². The van der Waals surface area contributed by atoms with E-state index in [4.69, 9.17) is 4.74 Å². The van der Waals surface area contributed by atoms with Gasteiger partial charge in [-0.3, -0.25) is 9.52 Å². The topological polar surface area (TPSA) is 130 Å². The second-order valence-electron chi connectivity index (χ2n) is 12.1. The van der Waals surface area contributed by atoms with Crippen LogP contribution in [-0.4, -0.2) is 44.0 Å². The zero-order chi connectivity index (χ0) is 32.5. The quantitative estimate of drug-likeness (QED) is 0.215. The van der Waals surface area contributed by atoms with Crippen molar-refractivity contribution in [1.82, 2.24) is 9.78 Å². The monoisotopic (exact) mass is 629 g/mol. The Morgan fingerprint density at radius 2 is 1.78 bits per heavy atom. The van der Waals surface area contributed by atoms with Crippen molar-refractivity contribution in [3.05, 3.63) is 94.8 Å². The highest BCUT2D eigenvalue weighted by molar-refractivity contribution is 7.92. The molecule has 0 spiro atoms. The number of sulfonamides is 1. The number of carbonyl (C=O) groups excluding carboxylic acids is 1. The maximum atomic E-state index is 13.6. The predicted molar refractivity (Wildman–Crippen MR) is 177 cm³/mol. The van der Waals surface area contributed by atoms with E-state index in [9.17, 15) is 13.2 Å². The third-order valence-electron chi connectivity index (χ3n) is 7.69. The molecule has 0 saturated carbocycles. The number of aromatic nitrogens is 2. The van der Waals surface area contributed by atoms with Crippen molar-refractivity contribution in [2.45, 2.75) is 52.5 Å². The number of para-hydroxylation sites is 1. The van der Waals surface area contributed by atoms with E-state index in [0.29, 0.717) is 17.8 Å². The van der Waals surface area contributed by atoms with Crippen molar-refractivity contribution in [2.24, 2.45) is 10.3 Å². The average molecular weight is 630 g/mol. The van der Waals surface area contributed by atoms with E-state index >= 15 is 0 Å². The van der Waals surface area contributed by atoms with Gasteiger partial charge < -0.3 is 10.1 Å². The van der Waals surface area contributed by atoms with Gasteiger partial charge in [-0.2, -0.15) is 10.2 Å². The fraction of sp³-hybridized carbons (Fsp3) is 0.333. The van der Waals surface area contributed by atoms with E-state index in [1.807, 2.05) is 80.0 Å². The molecule has 3 aromatic carbocycles. The lowest BCUT2D eigenvalue weighted by atomic mass is 9.86. The normalized spacial score (nSPS) is 14.9. The third kappa shape index (κ3) is 6.85. The standard InChI is InChI=1S/C33H39N7O4S/c1-8-29-25(19-34-40(29)24-12-10-9-11-13-24)28-20-39(38-36-28)30-16-22(15-14-21(30)2)32(41)35-26-17-23(33(3,4)5)18-27(31(26)44-6)37-45(7,42)43/h9-19,28,37H,8,20H2,1-7H3,(H,35,41). The van der Waals surface area contributed by atoms with E-state index in [1.54, 1.807) is 24.3 Å². The maximum absolute atomic E-state index is 13.6. The summed E-state index contributed by atoms with van der Waals surface area (Å²) in [5.74, 6) is -0.163. The largest absolute Gasteiger partial charge is 0.492 e. The molecule has 1 aliphatic heterocycles. The molecule has 12 heteroatoms. The van der Waals surface area contributed by atoms with Gasteiger partial charge in [-0.1, -0.05) is 57.2 Å². The SMILES string of the molecule is CCc1c(C2CN(c3cc(C(=O)Nc4cc(C(C)(C)C)cc(NS(C)(=O)=O)c4OC)ccc3C)N=N2)cnn1-c1ccccc1. The highest BCUT2D eigenvalue weighted by atomic mass is 32.2. The van der Waals surface area contributed by atoms with Crippen molar-refractivity contribution < 1.29 is 17.9 Å². The van der Waals surface area contributed by atoms with Gasteiger partial charge in [-0.15, -0.1) is 0 Å². The van der Waals surface area contributed by atoms with Crippen LogP contribution >= 0.6 is 0 Å². The number of methoxy groups -OCH3 is 1. The molecule has 1 aliphatic rings. The molecular formula is C33H39N7O4S. The summed E-state index contributed by atoms with van der Waals surface area (Å²) in [6.45, 7) is 10.6. The molecule has 11 nitrogen and oxygen atoms in total. The van der Waals surface area contributed by atoms with Crippen LogP contribution in [0.3, 0.4) is 0 Å². The fourth-order valence-corrected chi connectivity index (χ4v) is 5.90. The fourth-order valence-electron chi connectivity index (χ4n) is 5.35. The Morgan fingerprint density at radius 1 is 1.07 bits per heavy atom. The van der Waals surface area contributed by atoms with Crippen molar-refractivity contribution in [3.63, 3.8) is 0 Å². The zero-order valence-corrected chi connectivity index (χ0v) is 27.4. The minimum Gasteiger partial charge on any atom is -0.492 e. The molecule has 45 heavy (non-hydrogen) atoms. The second kappa shape index (κ2) is 12.4. The van der Waals surface area contributed by atoms with Gasteiger partial charge in [-0.25, -0.2) is 18.1 Å². The Morgan fingerprint density at radius 3 is 2.42 bits per heavy atom. The number of ether oxygens (including phenoxy) is 1. The molecule has 236 valence electrons. The molecular weight excluding hydrogens is 590 g/mol. The molecule has 0 bridgehead atoms. The summed E-state index contributed by atoms with van der Waals surface area (Å²) >= 11 is 0. The first-order valence-electron chi connectivity index (χ1n) is 14.7. The predicted octanol–water partition coefficient (Wildman–Crippen LogP) is 6.60. The lowest BCUT2D eigenvalue weighted by Crippen LogP contribution is -2.20. The second-order valence-corrected chi connectivity index (χ2v) is 13.9. The summed E-state index contributed by atoms with van der Waals surface area (Å²) in [5, 5.41) is 18.5. The Hall–Kier alpha value is -4.71. The van der Waals surface area contributed by atoms with Gasteiger partial charge in [0.15, 0.2) is 5.75 Å². The summed E-state index contributed by atoms with van der Waals surface area (Å²) < 4.78 is 34.3. The maximum Gasteiger partial charge on any atom is 0.255 e. The molecule has 4 aromatic rings. The van der Waals surface area contributed by atoms with Crippen molar-refractivity contribution >= 4 is 33.0 Å². The van der Waals surface area contributed by atoms with Gasteiger partial charge in [0.25, 0.3) is 5.91 Å². The molecule has 1 aromatic heterocycles. The smallest absolute Gasteiger partial charge is 0.255 e. The minimum atomic E-state index is -3.60. The molecule has 0 saturated heterocycles. The Kier molecular flexibility index (Phi) is 8.70.